The molecule has 21 heavy (non-hydrogen) atoms. The minimum atomic E-state index is -0.522. The number of aromatic amines is 1. The molecule has 0 aromatic carbocycles. The molecule has 0 aliphatic carbocycles. The van der Waals surface area contributed by atoms with Crippen LogP contribution in [0, 0.1) is 5.92 Å². The van der Waals surface area contributed by atoms with Crippen LogP contribution in [0.15, 0.2) is 17.6 Å². The van der Waals surface area contributed by atoms with Crippen LogP contribution in [0.4, 0.5) is 5.13 Å². The number of carbonyl (C=O) groups excluding carboxylic acids is 2. The zero-order valence-corrected chi connectivity index (χ0v) is 12.6. The van der Waals surface area contributed by atoms with Crippen LogP contribution in [0.1, 0.15) is 17.4 Å². The van der Waals surface area contributed by atoms with Crippen molar-refractivity contribution >= 4 is 28.3 Å². The van der Waals surface area contributed by atoms with E-state index in [2.05, 4.69) is 20.6 Å². The summed E-state index contributed by atoms with van der Waals surface area (Å²) in [4.78, 5) is 30.0. The highest BCUT2D eigenvalue weighted by Crippen LogP contribution is 2.25. The second kappa shape index (κ2) is 6.51. The van der Waals surface area contributed by atoms with Crippen LogP contribution in [0.5, 0.6) is 0 Å². The van der Waals surface area contributed by atoms with Crippen molar-refractivity contribution in [2.45, 2.75) is 6.92 Å². The molecule has 5 N–H and O–H groups in total. The molecule has 0 fully saturated rings. The Morgan fingerprint density at radius 2 is 2.29 bits per heavy atom. The van der Waals surface area contributed by atoms with Crippen LogP contribution in [-0.4, -0.2) is 35.4 Å². The zero-order valence-electron chi connectivity index (χ0n) is 11.8. The van der Waals surface area contributed by atoms with E-state index in [-0.39, 0.29) is 11.8 Å². The van der Waals surface area contributed by atoms with E-state index in [1.54, 1.807) is 19.3 Å². The first-order valence-electron chi connectivity index (χ1n) is 6.41. The van der Waals surface area contributed by atoms with Gasteiger partial charge in [-0.25, -0.2) is 4.98 Å². The Bertz CT molecular complexity index is 649. The smallest absolute Gasteiger partial charge is 0.265 e. The lowest BCUT2D eigenvalue weighted by Gasteiger charge is -2.09. The maximum Gasteiger partial charge on any atom is 0.265 e. The van der Waals surface area contributed by atoms with Crippen LogP contribution < -0.4 is 16.4 Å². The summed E-state index contributed by atoms with van der Waals surface area (Å²) in [6.45, 7) is 2.44. The summed E-state index contributed by atoms with van der Waals surface area (Å²) in [5, 5.41) is 8.07. The summed E-state index contributed by atoms with van der Waals surface area (Å²) >= 11 is 1.33. The quantitative estimate of drug-likeness (QED) is 0.638. The van der Waals surface area contributed by atoms with Crippen LogP contribution >= 0.6 is 11.3 Å². The highest BCUT2D eigenvalue weighted by atomic mass is 32.1. The van der Waals surface area contributed by atoms with Gasteiger partial charge in [0, 0.05) is 29.6 Å². The molecule has 7 nitrogen and oxygen atoms in total. The molecule has 112 valence electrons. The number of H-pyrrole nitrogens is 1. The van der Waals surface area contributed by atoms with Gasteiger partial charge in [-0.2, -0.15) is 0 Å². The van der Waals surface area contributed by atoms with Crippen molar-refractivity contribution in [3.05, 3.63) is 23.3 Å². The number of anilines is 1. The first kappa shape index (κ1) is 15.2. The predicted molar refractivity (Wildman–Crippen MR) is 82.1 cm³/mol. The Labute approximate surface area is 126 Å². The normalized spacial score (nSPS) is 12.1. The van der Waals surface area contributed by atoms with E-state index in [1.807, 2.05) is 12.3 Å². The molecular weight excluding hydrogens is 290 g/mol. The van der Waals surface area contributed by atoms with Crippen LogP contribution in [0.3, 0.4) is 0 Å². The number of carbonyl (C=O) groups is 2. The number of rotatable bonds is 6. The number of thiazole rings is 1. The SMILES string of the molecule is CNCC(C)C(=O)Nc1nc(-c2c[nH]c(C(N)=O)c2)cs1. The van der Waals surface area contributed by atoms with Gasteiger partial charge < -0.3 is 21.4 Å². The number of aromatic nitrogens is 2. The molecule has 1 unspecified atom stereocenters. The van der Waals surface area contributed by atoms with E-state index in [0.29, 0.717) is 23.1 Å². The molecule has 0 spiro atoms. The molecule has 1 atom stereocenters. The monoisotopic (exact) mass is 307 g/mol. The van der Waals surface area contributed by atoms with Gasteiger partial charge in [-0.15, -0.1) is 11.3 Å². The molecule has 0 aliphatic heterocycles. The molecule has 2 amide bonds. The standard InChI is InChI=1S/C13H17N5O2S/c1-7(4-15-2)12(20)18-13-17-10(6-21-13)8-3-9(11(14)19)16-5-8/h3,5-7,15-16H,4H2,1-2H3,(H2,14,19)(H,17,18,20). The van der Waals surface area contributed by atoms with Gasteiger partial charge in [0.25, 0.3) is 5.91 Å². The molecule has 2 aromatic rings. The van der Waals surface area contributed by atoms with Crippen molar-refractivity contribution in [3.63, 3.8) is 0 Å². The molecule has 2 rings (SSSR count). The van der Waals surface area contributed by atoms with Gasteiger partial charge in [0.1, 0.15) is 5.69 Å². The van der Waals surface area contributed by atoms with Crippen LogP contribution in [0.25, 0.3) is 11.3 Å². The summed E-state index contributed by atoms with van der Waals surface area (Å²) in [7, 11) is 1.80. The Morgan fingerprint density at radius 3 is 2.90 bits per heavy atom. The van der Waals surface area contributed by atoms with E-state index in [0.717, 1.165) is 5.56 Å². The maximum absolute atomic E-state index is 11.9. The molecular formula is C13H17N5O2S. The number of amides is 2. The van der Waals surface area contributed by atoms with Crippen molar-refractivity contribution < 1.29 is 9.59 Å². The van der Waals surface area contributed by atoms with Crippen LogP contribution in [-0.2, 0) is 4.79 Å². The fourth-order valence-electron chi connectivity index (χ4n) is 1.78. The Balaban J connectivity index is 2.07. The Hall–Kier alpha value is -2.19. The summed E-state index contributed by atoms with van der Waals surface area (Å²) < 4.78 is 0. The summed E-state index contributed by atoms with van der Waals surface area (Å²) in [6, 6.07) is 1.63. The minimum Gasteiger partial charge on any atom is -0.364 e. The molecule has 0 saturated heterocycles. The van der Waals surface area contributed by atoms with Gasteiger partial charge in [-0.05, 0) is 13.1 Å². The molecule has 2 aromatic heterocycles. The Morgan fingerprint density at radius 1 is 1.52 bits per heavy atom. The Kier molecular flexibility index (Phi) is 4.71. The van der Waals surface area contributed by atoms with Gasteiger partial charge in [-0.3, -0.25) is 9.59 Å². The predicted octanol–water partition coefficient (Wildman–Crippen LogP) is 1.03. The highest BCUT2D eigenvalue weighted by molar-refractivity contribution is 7.14. The first-order chi connectivity index (χ1) is 10.0. The summed E-state index contributed by atoms with van der Waals surface area (Å²) in [5.41, 5.74) is 6.95. The number of hydrogen-bond acceptors (Lipinski definition) is 5. The molecule has 2 heterocycles. The lowest BCUT2D eigenvalue weighted by atomic mass is 10.2. The number of hydrogen-bond donors (Lipinski definition) is 4. The van der Waals surface area contributed by atoms with E-state index >= 15 is 0 Å². The average molecular weight is 307 g/mol. The van der Waals surface area contributed by atoms with Crippen molar-refractivity contribution in [1.82, 2.24) is 15.3 Å². The van der Waals surface area contributed by atoms with Crippen molar-refractivity contribution in [2.24, 2.45) is 11.7 Å². The van der Waals surface area contributed by atoms with Gasteiger partial charge in [0.2, 0.25) is 5.91 Å². The van der Waals surface area contributed by atoms with Crippen molar-refractivity contribution in [3.8, 4) is 11.3 Å². The van der Waals surface area contributed by atoms with E-state index in [1.165, 1.54) is 11.3 Å². The number of nitrogens with one attached hydrogen (secondary N) is 3. The lowest BCUT2D eigenvalue weighted by Crippen LogP contribution is -2.28. The fraction of sp³-hybridized carbons (Fsp3) is 0.308. The topological polar surface area (TPSA) is 113 Å². The second-order valence-corrected chi connectivity index (χ2v) is 5.51. The highest BCUT2D eigenvalue weighted by Gasteiger charge is 2.15. The van der Waals surface area contributed by atoms with E-state index in [4.69, 9.17) is 5.73 Å². The van der Waals surface area contributed by atoms with Crippen LogP contribution in [0.2, 0.25) is 0 Å². The second-order valence-electron chi connectivity index (χ2n) is 4.65. The van der Waals surface area contributed by atoms with Gasteiger partial charge in [0.15, 0.2) is 5.13 Å². The average Bonchev–Trinajstić information content (AvgIpc) is 3.06. The van der Waals surface area contributed by atoms with Crippen molar-refractivity contribution in [2.75, 3.05) is 18.9 Å². The fourth-order valence-corrected chi connectivity index (χ4v) is 2.50. The van der Waals surface area contributed by atoms with Gasteiger partial charge in [-0.1, -0.05) is 6.92 Å². The van der Waals surface area contributed by atoms with Gasteiger partial charge >= 0.3 is 0 Å². The summed E-state index contributed by atoms with van der Waals surface area (Å²) in [6.07, 6.45) is 1.66. The largest absolute Gasteiger partial charge is 0.364 e. The molecule has 0 aliphatic rings. The van der Waals surface area contributed by atoms with Crippen molar-refractivity contribution in [1.29, 1.82) is 0 Å². The zero-order chi connectivity index (χ0) is 15.4. The number of nitrogens with two attached hydrogens (primary N) is 1. The number of nitrogens with zero attached hydrogens (tertiary/aromatic N) is 1. The number of primary amides is 1. The third-order valence-electron chi connectivity index (χ3n) is 2.94. The lowest BCUT2D eigenvalue weighted by molar-refractivity contribution is -0.119. The first-order valence-corrected chi connectivity index (χ1v) is 7.28. The third-order valence-corrected chi connectivity index (χ3v) is 3.69. The molecule has 0 radical (unpaired) electrons. The molecule has 8 heteroatoms. The molecule has 0 bridgehead atoms. The molecule has 0 saturated carbocycles. The maximum atomic E-state index is 11.9. The van der Waals surface area contributed by atoms with E-state index in [9.17, 15) is 9.59 Å². The third kappa shape index (κ3) is 3.67. The minimum absolute atomic E-state index is 0.0860. The van der Waals surface area contributed by atoms with E-state index < -0.39 is 5.91 Å². The van der Waals surface area contributed by atoms with Gasteiger partial charge in [0.05, 0.1) is 5.69 Å². The summed E-state index contributed by atoms with van der Waals surface area (Å²) in [5.74, 6) is -0.751.